The Hall–Kier alpha value is -5.13. The normalized spacial score (nSPS) is 15.4. The molecule has 12 heteroatoms. The molecule has 0 spiro atoms. The summed E-state index contributed by atoms with van der Waals surface area (Å²) in [4.78, 5) is 42.7. The third kappa shape index (κ3) is 10.7. The number of ether oxygens (including phenoxy) is 8. The number of esters is 2. The van der Waals surface area contributed by atoms with Gasteiger partial charge < -0.3 is 42.8 Å². The maximum atomic E-state index is 14.4. The average molecular weight is 750 g/mol. The number of rotatable bonds is 17. The van der Waals surface area contributed by atoms with Crippen LogP contribution >= 0.6 is 0 Å². The summed E-state index contributed by atoms with van der Waals surface area (Å²) in [5, 5.41) is 0. The van der Waals surface area contributed by atoms with Crippen LogP contribution in [0.25, 0.3) is 0 Å². The van der Waals surface area contributed by atoms with Gasteiger partial charge in [-0.05, 0) is 112 Å². The fourth-order valence-electron chi connectivity index (χ4n) is 6.66. The number of piperidine rings is 1. The minimum atomic E-state index is -0.780. The third-order valence-electron chi connectivity index (χ3n) is 9.26. The Balaban J connectivity index is 1.61. The van der Waals surface area contributed by atoms with Gasteiger partial charge in [-0.15, -0.1) is 0 Å². The van der Waals surface area contributed by atoms with Crippen LogP contribution in [0, 0.1) is 0 Å². The van der Waals surface area contributed by atoms with Gasteiger partial charge in [0.2, 0.25) is 11.7 Å². The molecule has 0 radical (unpaired) electrons. The number of nitrogens with zero attached hydrogens (tertiary/aromatic N) is 1. The molecule has 294 valence electrons. The van der Waals surface area contributed by atoms with Crippen molar-refractivity contribution in [3.8, 4) is 34.5 Å². The van der Waals surface area contributed by atoms with Crippen LogP contribution in [-0.4, -0.2) is 83.1 Å². The van der Waals surface area contributed by atoms with Gasteiger partial charge in [0, 0.05) is 6.54 Å². The van der Waals surface area contributed by atoms with Crippen molar-refractivity contribution in [2.24, 2.45) is 0 Å². The van der Waals surface area contributed by atoms with Crippen molar-refractivity contribution >= 4 is 17.8 Å². The number of carbonyl (C=O) groups is 3. The molecular weight excluding hydrogens is 694 g/mol. The standard InChI is InChI=1S/C42H55NO11/c1-10-31(29-24-36(49-7)39(51-9)37(25-29)50-8)40(45)43-21-12-11-16-32(43)41(46)53-33(19-17-27-18-20-34(47-5)35(22-27)48-6)28-14-13-15-30(23-28)52-26-38(44)54-42(2,3)4/h13-15,18,20,22-25,31-33H,10-12,16-17,19,21,26H2,1-9H3/t31-,32+,33+/m0/s1. The van der Waals surface area contributed by atoms with E-state index >= 15 is 0 Å². The van der Waals surface area contributed by atoms with Crippen LogP contribution in [0.2, 0.25) is 0 Å². The second-order valence-corrected chi connectivity index (χ2v) is 14.1. The smallest absolute Gasteiger partial charge is 0.344 e. The predicted octanol–water partition coefficient (Wildman–Crippen LogP) is 7.24. The highest BCUT2D eigenvalue weighted by molar-refractivity contribution is 5.89. The lowest BCUT2D eigenvalue weighted by Gasteiger charge is -2.37. The first-order valence-corrected chi connectivity index (χ1v) is 18.3. The molecule has 3 aromatic rings. The van der Waals surface area contributed by atoms with E-state index in [1.165, 1.54) is 21.3 Å². The van der Waals surface area contributed by atoms with Gasteiger partial charge in [0.25, 0.3) is 0 Å². The number of benzene rings is 3. The molecule has 1 amide bonds. The van der Waals surface area contributed by atoms with Gasteiger partial charge in [-0.3, -0.25) is 4.79 Å². The van der Waals surface area contributed by atoms with Gasteiger partial charge in [-0.25, -0.2) is 9.59 Å². The highest BCUT2D eigenvalue weighted by Crippen LogP contribution is 2.41. The number of likely N-dealkylation sites (tertiary alicyclic amines) is 1. The first-order chi connectivity index (χ1) is 25.9. The van der Waals surface area contributed by atoms with Crippen LogP contribution in [0.3, 0.4) is 0 Å². The number of amides is 1. The monoisotopic (exact) mass is 749 g/mol. The maximum absolute atomic E-state index is 14.4. The predicted molar refractivity (Wildman–Crippen MR) is 203 cm³/mol. The van der Waals surface area contributed by atoms with Gasteiger partial charge >= 0.3 is 11.9 Å². The molecule has 1 aliphatic heterocycles. The molecule has 4 rings (SSSR count). The Morgan fingerprint density at radius 1 is 0.796 bits per heavy atom. The van der Waals surface area contributed by atoms with E-state index in [1.54, 1.807) is 70.2 Å². The number of hydrogen-bond acceptors (Lipinski definition) is 11. The summed E-state index contributed by atoms with van der Waals surface area (Å²) in [6.45, 7) is 7.45. The summed E-state index contributed by atoms with van der Waals surface area (Å²) in [7, 11) is 7.76. The van der Waals surface area contributed by atoms with Crippen molar-refractivity contribution in [3.05, 3.63) is 71.3 Å². The van der Waals surface area contributed by atoms with Crippen molar-refractivity contribution in [2.75, 3.05) is 48.7 Å². The number of aryl methyl sites for hydroxylation is 1. The lowest BCUT2D eigenvalue weighted by atomic mass is 9.91. The maximum Gasteiger partial charge on any atom is 0.344 e. The second-order valence-electron chi connectivity index (χ2n) is 14.1. The zero-order valence-corrected chi connectivity index (χ0v) is 33.0. The molecule has 3 aromatic carbocycles. The zero-order valence-electron chi connectivity index (χ0n) is 33.0. The average Bonchev–Trinajstić information content (AvgIpc) is 3.17. The van der Waals surface area contributed by atoms with Crippen molar-refractivity contribution in [1.29, 1.82) is 0 Å². The largest absolute Gasteiger partial charge is 0.493 e. The van der Waals surface area contributed by atoms with E-state index in [0.29, 0.717) is 77.9 Å². The fraction of sp³-hybridized carbons (Fsp3) is 0.500. The van der Waals surface area contributed by atoms with Crippen LogP contribution in [0.15, 0.2) is 54.6 Å². The Morgan fingerprint density at radius 3 is 2.09 bits per heavy atom. The molecule has 1 saturated heterocycles. The van der Waals surface area contributed by atoms with Crippen LogP contribution in [-0.2, 0) is 30.3 Å². The van der Waals surface area contributed by atoms with E-state index in [0.717, 1.165) is 18.4 Å². The molecule has 1 heterocycles. The quantitative estimate of drug-likeness (QED) is 0.130. The molecule has 0 N–H and O–H groups in total. The van der Waals surface area contributed by atoms with Crippen LogP contribution < -0.4 is 28.4 Å². The number of methoxy groups -OCH3 is 5. The fourth-order valence-corrected chi connectivity index (χ4v) is 6.66. The highest BCUT2D eigenvalue weighted by atomic mass is 16.6. The molecule has 12 nitrogen and oxygen atoms in total. The van der Waals surface area contributed by atoms with Gasteiger partial charge in [0.05, 0.1) is 41.5 Å². The summed E-state index contributed by atoms with van der Waals surface area (Å²) in [5.41, 5.74) is 1.69. The van der Waals surface area contributed by atoms with Gasteiger partial charge in [0.15, 0.2) is 29.6 Å². The van der Waals surface area contributed by atoms with Crippen molar-refractivity contribution in [3.63, 3.8) is 0 Å². The van der Waals surface area contributed by atoms with Gasteiger partial charge in [-0.1, -0.05) is 25.1 Å². The lowest BCUT2D eigenvalue weighted by Crippen LogP contribution is -2.50. The molecule has 0 aliphatic carbocycles. The van der Waals surface area contributed by atoms with Crippen molar-refractivity contribution in [2.45, 2.75) is 89.9 Å². The minimum Gasteiger partial charge on any atom is -0.493 e. The lowest BCUT2D eigenvalue weighted by molar-refractivity contribution is -0.162. The van der Waals surface area contributed by atoms with Crippen LogP contribution in [0.5, 0.6) is 34.5 Å². The van der Waals surface area contributed by atoms with E-state index in [9.17, 15) is 14.4 Å². The molecule has 0 unspecified atom stereocenters. The topological polar surface area (TPSA) is 128 Å². The third-order valence-corrected chi connectivity index (χ3v) is 9.26. The number of carbonyl (C=O) groups excluding carboxylic acids is 3. The van der Waals surface area contributed by atoms with E-state index in [4.69, 9.17) is 37.9 Å². The summed E-state index contributed by atoms with van der Waals surface area (Å²) in [6, 6.07) is 15.6. The first-order valence-electron chi connectivity index (χ1n) is 18.3. The molecule has 0 aromatic heterocycles. The molecule has 54 heavy (non-hydrogen) atoms. The summed E-state index contributed by atoms with van der Waals surface area (Å²) >= 11 is 0. The SMILES string of the molecule is CC[C@H](C(=O)N1CCCC[C@@H]1C(=O)O[C@H](CCc1ccc(OC)c(OC)c1)c1cccc(OCC(=O)OC(C)(C)C)c1)c1cc(OC)c(OC)c(OC)c1. The van der Waals surface area contributed by atoms with E-state index in [-0.39, 0.29) is 12.5 Å². The highest BCUT2D eigenvalue weighted by Gasteiger charge is 2.38. The van der Waals surface area contributed by atoms with Gasteiger partial charge in [0.1, 0.15) is 23.5 Å². The summed E-state index contributed by atoms with van der Waals surface area (Å²) in [5.74, 6) is 1.24. The minimum absolute atomic E-state index is 0.173. The Labute approximate surface area is 318 Å². The van der Waals surface area contributed by atoms with Crippen LogP contribution in [0.4, 0.5) is 0 Å². The van der Waals surface area contributed by atoms with Crippen molar-refractivity contribution in [1.82, 2.24) is 4.90 Å². The molecule has 3 atom stereocenters. The zero-order chi connectivity index (χ0) is 39.4. The molecular formula is C42H55NO11. The Kier molecular flexibility index (Phi) is 14.9. The van der Waals surface area contributed by atoms with Crippen LogP contribution in [0.1, 0.15) is 88.5 Å². The molecule has 0 bridgehead atoms. The molecule has 1 aliphatic rings. The Morgan fingerprint density at radius 2 is 1.48 bits per heavy atom. The summed E-state index contributed by atoms with van der Waals surface area (Å²) in [6.07, 6.45) is 2.74. The van der Waals surface area contributed by atoms with E-state index < -0.39 is 35.6 Å². The van der Waals surface area contributed by atoms with E-state index in [2.05, 4.69) is 0 Å². The van der Waals surface area contributed by atoms with Gasteiger partial charge in [-0.2, -0.15) is 0 Å². The van der Waals surface area contributed by atoms with Crippen molar-refractivity contribution < 1.29 is 52.3 Å². The first kappa shape index (κ1) is 41.6. The Bertz CT molecular complexity index is 1710. The molecule has 1 fully saturated rings. The second kappa shape index (κ2) is 19.3. The van der Waals surface area contributed by atoms with E-state index in [1.807, 2.05) is 31.2 Å². The molecule has 0 saturated carbocycles. The number of hydrogen-bond donors (Lipinski definition) is 0. The summed E-state index contributed by atoms with van der Waals surface area (Å²) < 4.78 is 45.1.